The minimum Gasteiger partial charge on any atom is -0.341 e. The van der Waals surface area contributed by atoms with Crippen LogP contribution in [0.1, 0.15) is 26.1 Å². The summed E-state index contributed by atoms with van der Waals surface area (Å²) < 4.78 is 27.7. The quantitative estimate of drug-likeness (QED) is 0.601. The van der Waals surface area contributed by atoms with Crippen molar-refractivity contribution in [3.05, 3.63) is 36.2 Å². The van der Waals surface area contributed by atoms with Crippen molar-refractivity contribution in [1.29, 1.82) is 0 Å². The average Bonchev–Trinajstić information content (AvgIpc) is 3.02. The average molecular weight is 452 g/mol. The molecule has 30 heavy (non-hydrogen) atoms. The molecule has 1 saturated heterocycles. The first-order chi connectivity index (χ1) is 14.1. The molecule has 2 atom stereocenters. The zero-order valence-electron chi connectivity index (χ0n) is 17.9. The van der Waals surface area contributed by atoms with Crippen molar-refractivity contribution in [2.24, 2.45) is 18.9 Å². The number of hydrogen-bond donors (Lipinski definition) is 0. The first-order valence-corrected chi connectivity index (χ1v) is 12.8. The Hall–Kier alpha value is -2.07. The summed E-state index contributed by atoms with van der Waals surface area (Å²) >= 11 is 1.33. The highest BCUT2D eigenvalue weighted by molar-refractivity contribution is 7.99. The van der Waals surface area contributed by atoms with E-state index in [1.807, 2.05) is 11.0 Å². The fraction of sp³-hybridized carbons (Fsp3) is 0.550. The lowest BCUT2D eigenvalue weighted by atomic mass is 9.92. The number of thioether (sulfide) groups is 1. The number of amides is 1. The number of para-hydroxylation sites is 1. The van der Waals surface area contributed by atoms with E-state index >= 15 is 0 Å². The highest BCUT2D eigenvalue weighted by Crippen LogP contribution is 2.24. The Kier molecular flexibility index (Phi) is 7.07. The molecule has 0 aliphatic carbocycles. The molecule has 1 aromatic heterocycles. The first kappa shape index (κ1) is 22.6. The Morgan fingerprint density at radius 2 is 1.80 bits per heavy atom. The van der Waals surface area contributed by atoms with Gasteiger partial charge in [0.05, 0.1) is 24.2 Å². The number of carbonyl (C=O) groups excluding carboxylic acids is 1. The number of anilines is 1. The van der Waals surface area contributed by atoms with Gasteiger partial charge < -0.3 is 9.47 Å². The van der Waals surface area contributed by atoms with Gasteiger partial charge in [-0.15, -0.1) is 10.2 Å². The van der Waals surface area contributed by atoms with Crippen LogP contribution in [0.2, 0.25) is 0 Å². The van der Waals surface area contributed by atoms with E-state index in [1.54, 1.807) is 35.9 Å². The highest BCUT2D eigenvalue weighted by atomic mass is 32.2. The molecule has 164 valence electrons. The van der Waals surface area contributed by atoms with E-state index in [2.05, 4.69) is 24.0 Å². The van der Waals surface area contributed by atoms with Crippen LogP contribution in [0.4, 0.5) is 5.69 Å². The minimum absolute atomic E-state index is 0.0714. The van der Waals surface area contributed by atoms with E-state index in [0.29, 0.717) is 34.3 Å². The molecule has 2 aromatic rings. The van der Waals surface area contributed by atoms with Gasteiger partial charge in [-0.2, -0.15) is 0 Å². The Bertz CT molecular complexity index is 968. The van der Waals surface area contributed by atoms with Crippen molar-refractivity contribution in [2.75, 3.05) is 29.4 Å². The lowest BCUT2D eigenvalue weighted by Gasteiger charge is -2.34. The zero-order chi connectivity index (χ0) is 21.9. The Morgan fingerprint density at radius 1 is 1.17 bits per heavy atom. The molecule has 1 aromatic carbocycles. The van der Waals surface area contributed by atoms with Gasteiger partial charge in [0.1, 0.15) is 0 Å². The predicted octanol–water partition coefficient (Wildman–Crippen LogP) is 2.38. The fourth-order valence-corrected chi connectivity index (χ4v) is 5.50. The molecule has 1 aliphatic heterocycles. The van der Waals surface area contributed by atoms with Gasteiger partial charge >= 0.3 is 0 Å². The smallest absolute Gasteiger partial charge is 0.233 e. The second kappa shape index (κ2) is 9.38. The topological polar surface area (TPSA) is 88.4 Å². The van der Waals surface area contributed by atoms with E-state index in [4.69, 9.17) is 0 Å². The largest absolute Gasteiger partial charge is 0.341 e. The Balaban J connectivity index is 1.67. The number of hydrogen-bond acceptors (Lipinski definition) is 6. The molecular formula is C20H29N5O3S2. The maximum absolute atomic E-state index is 12.6. The third kappa shape index (κ3) is 5.54. The third-order valence-corrected chi connectivity index (χ3v) is 7.35. The van der Waals surface area contributed by atoms with Crippen molar-refractivity contribution in [3.8, 4) is 0 Å². The van der Waals surface area contributed by atoms with Crippen LogP contribution in [0.15, 0.2) is 35.5 Å². The van der Waals surface area contributed by atoms with Crippen molar-refractivity contribution in [1.82, 2.24) is 19.7 Å². The van der Waals surface area contributed by atoms with E-state index < -0.39 is 10.0 Å². The van der Waals surface area contributed by atoms with Crippen LogP contribution in [0, 0.1) is 11.8 Å². The van der Waals surface area contributed by atoms with Crippen molar-refractivity contribution in [3.63, 3.8) is 0 Å². The molecule has 0 spiro atoms. The number of aromatic nitrogens is 3. The maximum atomic E-state index is 12.6. The van der Waals surface area contributed by atoms with Gasteiger partial charge in [-0.05, 0) is 30.4 Å². The molecule has 0 bridgehead atoms. The van der Waals surface area contributed by atoms with Crippen LogP contribution in [-0.4, -0.2) is 59.1 Å². The van der Waals surface area contributed by atoms with Crippen molar-refractivity contribution in [2.45, 2.75) is 32.0 Å². The van der Waals surface area contributed by atoms with Crippen LogP contribution in [0.5, 0.6) is 0 Å². The molecule has 1 amide bonds. The minimum atomic E-state index is -3.49. The molecule has 0 N–H and O–H groups in total. The van der Waals surface area contributed by atoms with Crippen LogP contribution in [-0.2, 0) is 28.4 Å². The molecule has 1 aliphatic rings. The second-order valence-corrected chi connectivity index (χ2v) is 10.9. The Morgan fingerprint density at radius 3 is 2.40 bits per heavy atom. The van der Waals surface area contributed by atoms with Crippen LogP contribution >= 0.6 is 11.8 Å². The SMILES string of the molecule is C[C@@H]1C[C@H](C)CN(C(=O)CSc2nnc(CN(c3ccccc3)S(C)(=O)=O)n2C)C1. The van der Waals surface area contributed by atoms with Crippen LogP contribution in [0.3, 0.4) is 0 Å². The van der Waals surface area contributed by atoms with Gasteiger partial charge in [-0.1, -0.05) is 43.8 Å². The first-order valence-electron chi connectivity index (χ1n) is 9.96. The normalized spacial score (nSPS) is 19.7. The summed E-state index contributed by atoms with van der Waals surface area (Å²) in [7, 11) is -1.70. The van der Waals surface area contributed by atoms with Gasteiger partial charge in [0.15, 0.2) is 11.0 Å². The summed E-state index contributed by atoms with van der Waals surface area (Å²) in [5, 5.41) is 8.94. The third-order valence-electron chi connectivity index (χ3n) is 5.20. The maximum Gasteiger partial charge on any atom is 0.233 e. The van der Waals surface area contributed by atoms with E-state index in [0.717, 1.165) is 19.5 Å². The summed E-state index contributed by atoms with van der Waals surface area (Å²) in [6, 6.07) is 8.90. The molecule has 0 radical (unpaired) electrons. The summed E-state index contributed by atoms with van der Waals surface area (Å²) in [4.78, 5) is 14.6. The second-order valence-electron chi connectivity index (χ2n) is 8.10. The molecule has 3 rings (SSSR count). The molecule has 0 saturated carbocycles. The molecular weight excluding hydrogens is 422 g/mol. The van der Waals surface area contributed by atoms with Crippen molar-refractivity contribution >= 4 is 33.4 Å². The molecule has 0 unspecified atom stereocenters. The Labute approximate surface area is 182 Å². The molecule has 2 heterocycles. The molecule has 1 fully saturated rings. The van der Waals surface area contributed by atoms with Gasteiger partial charge in [0.2, 0.25) is 15.9 Å². The summed E-state index contributed by atoms with van der Waals surface area (Å²) in [5.74, 6) is 1.94. The van der Waals surface area contributed by atoms with Gasteiger partial charge in [0.25, 0.3) is 0 Å². The number of benzene rings is 1. The number of sulfonamides is 1. The number of nitrogens with zero attached hydrogens (tertiary/aromatic N) is 5. The molecule has 8 nitrogen and oxygen atoms in total. The van der Waals surface area contributed by atoms with Gasteiger partial charge in [-0.3, -0.25) is 9.10 Å². The monoisotopic (exact) mass is 451 g/mol. The predicted molar refractivity (Wildman–Crippen MR) is 119 cm³/mol. The van der Waals surface area contributed by atoms with Gasteiger partial charge in [0, 0.05) is 20.1 Å². The summed E-state index contributed by atoms with van der Waals surface area (Å²) in [5.41, 5.74) is 0.570. The molecule has 10 heteroatoms. The summed E-state index contributed by atoms with van der Waals surface area (Å²) in [6.07, 6.45) is 2.33. The summed E-state index contributed by atoms with van der Waals surface area (Å²) in [6.45, 7) is 6.03. The van der Waals surface area contributed by atoms with E-state index in [-0.39, 0.29) is 12.5 Å². The van der Waals surface area contributed by atoms with Gasteiger partial charge in [-0.25, -0.2) is 8.42 Å². The number of carbonyl (C=O) groups is 1. The highest BCUT2D eigenvalue weighted by Gasteiger charge is 2.26. The zero-order valence-corrected chi connectivity index (χ0v) is 19.5. The standard InChI is InChI=1S/C20H29N5O3S2/c1-15-10-16(2)12-24(11-15)19(26)14-29-20-22-21-18(23(20)3)13-25(30(4,27)28)17-8-6-5-7-9-17/h5-9,15-16H,10-14H2,1-4H3/t15-,16+. The number of rotatable bonds is 7. The number of likely N-dealkylation sites (tertiary alicyclic amines) is 1. The number of piperidine rings is 1. The fourth-order valence-electron chi connectivity index (χ4n) is 3.82. The van der Waals surface area contributed by atoms with Crippen molar-refractivity contribution < 1.29 is 13.2 Å². The lowest BCUT2D eigenvalue weighted by molar-refractivity contribution is -0.130. The van der Waals surface area contributed by atoms with Crippen LogP contribution in [0.25, 0.3) is 0 Å². The van der Waals surface area contributed by atoms with E-state index in [9.17, 15) is 13.2 Å². The lowest BCUT2D eigenvalue weighted by Crippen LogP contribution is -2.43. The van der Waals surface area contributed by atoms with E-state index in [1.165, 1.54) is 22.3 Å². The van der Waals surface area contributed by atoms with Crippen LogP contribution < -0.4 is 4.31 Å².